The van der Waals surface area contributed by atoms with Crippen LogP contribution < -0.4 is 5.73 Å². The van der Waals surface area contributed by atoms with Gasteiger partial charge >= 0.3 is 11.9 Å². The number of aliphatic carboxylic acids is 1. The second-order valence-corrected chi connectivity index (χ2v) is 5.04. The predicted octanol–water partition coefficient (Wildman–Crippen LogP) is 1.31. The molecule has 1 unspecified atom stereocenters. The molecule has 2 rings (SSSR count). The Balaban J connectivity index is 2.32. The number of nitrogen functional groups attached to an aromatic ring is 1. The molecule has 0 aromatic carbocycles. The number of carbonyl (C=O) groups is 2. The lowest BCUT2D eigenvalue weighted by Gasteiger charge is -2.05. The van der Waals surface area contributed by atoms with Crippen molar-refractivity contribution in [3.05, 3.63) is 16.0 Å². The summed E-state index contributed by atoms with van der Waals surface area (Å²) in [6, 6.07) is 0. The molecule has 1 aliphatic carbocycles. The third-order valence-electron chi connectivity index (χ3n) is 2.83. The first-order chi connectivity index (χ1) is 8.04. The number of thiophene rings is 1. The number of rotatable bonds is 3. The molecule has 1 atom stereocenters. The molecule has 5 nitrogen and oxygen atoms in total. The predicted molar refractivity (Wildman–Crippen MR) is 63.2 cm³/mol. The van der Waals surface area contributed by atoms with Crippen LogP contribution in [0, 0.1) is 5.92 Å². The van der Waals surface area contributed by atoms with Crippen LogP contribution in [0.4, 0.5) is 5.00 Å². The lowest BCUT2D eigenvalue weighted by atomic mass is 10.1. The highest BCUT2D eigenvalue weighted by atomic mass is 32.1. The third-order valence-corrected chi connectivity index (χ3v) is 3.91. The monoisotopic (exact) mass is 255 g/mol. The second-order valence-electron chi connectivity index (χ2n) is 3.91. The summed E-state index contributed by atoms with van der Waals surface area (Å²) < 4.78 is 4.93. The van der Waals surface area contributed by atoms with Crippen molar-refractivity contribution in [2.75, 3.05) is 12.3 Å². The summed E-state index contributed by atoms with van der Waals surface area (Å²) in [6.07, 6.45) is 0.825. The van der Waals surface area contributed by atoms with Crippen LogP contribution in [0.5, 0.6) is 0 Å². The van der Waals surface area contributed by atoms with Gasteiger partial charge in [0.1, 0.15) is 5.00 Å². The van der Waals surface area contributed by atoms with Crippen molar-refractivity contribution in [2.24, 2.45) is 5.92 Å². The minimum Gasteiger partial charge on any atom is -0.481 e. The molecular formula is C11H13NO4S. The number of fused-ring (bicyclic) bond motifs is 1. The van der Waals surface area contributed by atoms with Crippen LogP contribution in [-0.4, -0.2) is 23.7 Å². The molecule has 0 spiro atoms. The fraction of sp³-hybridized carbons (Fsp3) is 0.455. The van der Waals surface area contributed by atoms with Gasteiger partial charge in [-0.1, -0.05) is 0 Å². The van der Waals surface area contributed by atoms with E-state index >= 15 is 0 Å². The minimum absolute atomic E-state index is 0.283. The number of anilines is 1. The van der Waals surface area contributed by atoms with Gasteiger partial charge in [-0.05, 0) is 25.3 Å². The molecule has 0 saturated heterocycles. The molecule has 0 aliphatic heterocycles. The van der Waals surface area contributed by atoms with Crippen LogP contribution in [0.25, 0.3) is 0 Å². The number of esters is 1. The zero-order chi connectivity index (χ0) is 12.6. The lowest BCUT2D eigenvalue weighted by Crippen LogP contribution is -2.14. The largest absolute Gasteiger partial charge is 0.481 e. The van der Waals surface area contributed by atoms with Gasteiger partial charge in [-0.15, -0.1) is 11.3 Å². The van der Waals surface area contributed by atoms with E-state index in [4.69, 9.17) is 15.6 Å². The average Bonchev–Trinajstić information content (AvgIpc) is 2.73. The molecule has 6 heteroatoms. The van der Waals surface area contributed by atoms with E-state index in [-0.39, 0.29) is 6.61 Å². The van der Waals surface area contributed by atoms with Crippen LogP contribution in [0.15, 0.2) is 0 Å². The fourth-order valence-electron chi connectivity index (χ4n) is 2.06. The first-order valence-corrected chi connectivity index (χ1v) is 6.16. The average molecular weight is 255 g/mol. The van der Waals surface area contributed by atoms with Gasteiger partial charge in [0.25, 0.3) is 0 Å². The molecule has 0 radical (unpaired) electrons. The van der Waals surface area contributed by atoms with Crippen molar-refractivity contribution in [3.8, 4) is 0 Å². The normalized spacial score (nSPS) is 17.8. The maximum atomic E-state index is 11.7. The first kappa shape index (κ1) is 11.9. The maximum Gasteiger partial charge on any atom is 0.341 e. The fourth-order valence-corrected chi connectivity index (χ4v) is 3.23. The minimum atomic E-state index is -0.832. The van der Waals surface area contributed by atoms with E-state index in [0.717, 1.165) is 10.4 Å². The topological polar surface area (TPSA) is 89.6 Å². The van der Waals surface area contributed by atoms with Crippen molar-refractivity contribution >= 4 is 28.3 Å². The summed E-state index contributed by atoms with van der Waals surface area (Å²) in [7, 11) is 0. The number of hydrogen-bond acceptors (Lipinski definition) is 5. The van der Waals surface area contributed by atoms with Gasteiger partial charge < -0.3 is 15.6 Å². The Kier molecular flexibility index (Phi) is 3.06. The molecule has 1 aliphatic rings. The third kappa shape index (κ3) is 2.00. The van der Waals surface area contributed by atoms with Crippen LogP contribution in [0.1, 0.15) is 27.7 Å². The zero-order valence-electron chi connectivity index (χ0n) is 9.36. The van der Waals surface area contributed by atoms with Crippen LogP contribution in [0.2, 0.25) is 0 Å². The van der Waals surface area contributed by atoms with Crippen molar-refractivity contribution in [1.82, 2.24) is 0 Å². The molecule has 17 heavy (non-hydrogen) atoms. The smallest absolute Gasteiger partial charge is 0.341 e. The Labute approximate surface area is 102 Å². The van der Waals surface area contributed by atoms with Gasteiger partial charge in [-0.25, -0.2) is 4.79 Å². The van der Waals surface area contributed by atoms with Gasteiger partial charge in [0.2, 0.25) is 0 Å². The molecule has 0 saturated carbocycles. The summed E-state index contributed by atoms with van der Waals surface area (Å²) in [4.78, 5) is 23.5. The Hall–Kier alpha value is -1.56. The summed E-state index contributed by atoms with van der Waals surface area (Å²) in [5.74, 6) is -1.72. The van der Waals surface area contributed by atoms with E-state index in [1.165, 1.54) is 11.3 Å². The van der Waals surface area contributed by atoms with E-state index in [1.807, 2.05) is 0 Å². The second kappa shape index (κ2) is 4.37. The maximum absolute atomic E-state index is 11.7. The summed E-state index contributed by atoms with van der Waals surface area (Å²) >= 11 is 1.29. The molecule has 0 amide bonds. The molecule has 1 aromatic heterocycles. The van der Waals surface area contributed by atoms with Crippen LogP contribution >= 0.6 is 11.3 Å². The molecule has 0 fully saturated rings. The Morgan fingerprint density at radius 1 is 1.53 bits per heavy atom. The Bertz CT molecular complexity index is 480. The zero-order valence-corrected chi connectivity index (χ0v) is 10.2. The van der Waals surface area contributed by atoms with Gasteiger partial charge in [0, 0.05) is 4.88 Å². The highest BCUT2D eigenvalue weighted by Gasteiger charge is 2.34. The number of nitrogens with two attached hydrogens (primary N) is 1. The lowest BCUT2D eigenvalue weighted by molar-refractivity contribution is -0.141. The van der Waals surface area contributed by atoms with E-state index in [9.17, 15) is 9.59 Å². The highest BCUT2D eigenvalue weighted by Crippen LogP contribution is 2.39. The van der Waals surface area contributed by atoms with Crippen LogP contribution in [-0.2, 0) is 22.4 Å². The SMILES string of the molecule is CCOC(=O)c1c(N)sc2c1CC(C(=O)O)C2. The first-order valence-electron chi connectivity index (χ1n) is 5.34. The van der Waals surface area contributed by atoms with Crippen molar-refractivity contribution in [3.63, 3.8) is 0 Å². The van der Waals surface area contributed by atoms with E-state index in [2.05, 4.69) is 0 Å². The Morgan fingerprint density at radius 3 is 2.82 bits per heavy atom. The molecule has 92 valence electrons. The molecular weight excluding hydrogens is 242 g/mol. The van der Waals surface area contributed by atoms with Gasteiger partial charge in [0.05, 0.1) is 18.1 Å². The van der Waals surface area contributed by atoms with E-state index < -0.39 is 17.9 Å². The summed E-state index contributed by atoms with van der Waals surface area (Å²) in [6.45, 7) is 2.01. The summed E-state index contributed by atoms with van der Waals surface area (Å²) in [5, 5.41) is 9.39. The van der Waals surface area contributed by atoms with Gasteiger partial charge in [-0.3, -0.25) is 4.79 Å². The number of hydrogen-bond donors (Lipinski definition) is 2. The summed E-state index contributed by atoms with van der Waals surface area (Å²) in [5.41, 5.74) is 6.91. The van der Waals surface area contributed by atoms with Gasteiger partial charge in [0.15, 0.2) is 0 Å². The van der Waals surface area contributed by atoms with Crippen molar-refractivity contribution in [2.45, 2.75) is 19.8 Å². The number of carboxylic acid groups (broad SMARTS) is 1. The van der Waals surface area contributed by atoms with Gasteiger partial charge in [-0.2, -0.15) is 0 Å². The number of carboxylic acids is 1. The van der Waals surface area contributed by atoms with E-state index in [0.29, 0.717) is 23.4 Å². The highest BCUT2D eigenvalue weighted by molar-refractivity contribution is 7.16. The van der Waals surface area contributed by atoms with E-state index in [1.54, 1.807) is 6.92 Å². The number of carbonyl (C=O) groups excluding carboxylic acids is 1. The standard InChI is InChI=1S/C11H13NO4S/c1-2-16-11(15)8-6-3-5(10(13)14)4-7(6)17-9(8)12/h5H,2-4,12H2,1H3,(H,13,14). The number of ether oxygens (including phenoxy) is 1. The molecule has 3 N–H and O–H groups in total. The van der Waals surface area contributed by atoms with Crippen molar-refractivity contribution < 1.29 is 19.4 Å². The molecule has 1 aromatic rings. The molecule has 0 bridgehead atoms. The molecule has 1 heterocycles. The quantitative estimate of drug-likeness (QED) is 0.795. The van der Waals surface area contributed by atoms with Crippen molar-refractivity contribution in [1.29, 1.82) is 0 Å². The van der Waals surface area contributed by atoms with Crippen LogP contribution in [0.3, 0.4) is 0 Å². The Morgan fingerprint density at radius 2 is 2.24 bits per heavy atom.